The third-order valence-electron chi connectivity index (χ3n) is 4.77. The fraction of sp³-hybridized carbons (Fsp3) is 0.130. The first-order chi connectivity index (χ1) is 14.5. The van der Waals surface area contributed by atoms with Gasteiger partial charge in [0, 0.05) is 35.4 Å². The van der Waals surface area contributed by atoms with Crippen LogP contribution < -0.4 is 10.6 Å². The number of aromatic nitrogens is 4. The highest BCUT2D eigenvalue weighted by molar-refractivity contribution is 6.05. The molecule has 7 heteroatoms. The predicted molar refractivity (Wildman–Crippen MR) is 117 cm³/mol. The van der Waals surface area contributed by atoms with Gasteiger partial charge in [-0.1, -0.05) is 17.7 Å². The Balaban J connectivity index is 1.45. The highest BCUT2D eigenvalue weighted by Gasteiger charge is 2.09. The van der Waals surface area contributed by atoms with Crippen LogP contribution in [0.15, 0.2) is 67.3 Å². The van der Waals surface area contributed by atoms with Crippen LogP contribution in [-0.4, -0.2) is 25.4 Å². The van der Waals surface area contributed by atoms with Gasteiger partial charge in [0.25, 0.3) is 5.91 Å². The molecule has 0 saturated carbocycles. The minimum Gasteiger partial charge on any atom is -0.340 e. The normalized spacial score (nSPS) is 10.6. The predicted octanol–water partition coefficient (Wildman–Crippen LogP) is 4.58. The van der Waals surface area contributed by atoms with Crippen molar-refractivity contribution in [2.45, 2.75) is 20.8 Å². The Morgan fingerprint density at radius 2 is 1.67 bits per heavy atom. The van der Waals surface area contributed by atoms with Crippen molar-refractivity contribution < 1.29 is 4.79 Å². The van der Waals surface area contributed by atoms with Crippen molar-refractivity contribution >= 4 is 23.1 Å². The largest absolute Gasteiger partial charge is 0.340 e. The van der Waals surface area contributed by atoms with E-state index in [9.17, 15) is 4.79 Å². The van der Waals surface area contributed by atoms with E-state index in [1.165, 1.54) is 6.33 Å². The lowest BCUT2D eigenvalue weighted by atomic mass is 10.1. The maximum Gasteiger partial charge on any atom is 0.255 e. The number of hydrogen-bond acceptors (Lipinski definition) is 5. The van der Waals surface area contributed by atoms with Crippen LogP contribution in [0.3, 0.4) is 0 Å². The van der Waals surface area contributed by atoms with Gasteiger partial charge in [-0.15, -0.1) is 0 Å². The van der Waals surface area contributed by atoms with E-state index in [0.717, 1.165) is 34.1 Å². The molecule has 0 saturated heterocycles. The van der Waals surface area contributed by atoms with Gasteiger partial charge in [-0.3, -0.25) is 9.36 Å². The number of benzene rings is 2. The number of amides is 1. The zero-order valence-electron chi connectivity index (χ0n) is 17.0. The van der Waals surface area contributed by atoms with Crippen LogP contribution in [0.1, 0.15) is 27.3 Å². The number of aryl methyl sites for hydroxylation is 3. The van der Waals surface area contributed by atoms with Gasteiger partial charge in [-0.2, -0.15) is 0 Å². The summed E-state index contributed by atoms with van der Waals surface area (Å²) in [6.45, 7) is 5.87. The summed E-state index contributed by atoms with van der Waals surface area (Å²) in [5.41, 5.74) is 4.34. The summed E-state index contributed by atoms with van der Waals surface area (Å²) < 4.78 is 1.89. The smallest absolute Gasteiger partial charge is 0.255 e. The van der Waals surface area contributed by atoms with E-state index in [1.54, 1.807) is 6.20 Å². The van der Waals surface area contributed by atoms with E-state index < -0.39 is 0 Å². The van der Waals surface area contributed by atoms with Gasteiger partial charge in [0.05, 0.1) is 0 Å². The summed E-state index contributed by atoms with van der Waals surface area (Å²) in [4.78, 5) is 25.3. The molecule has 0 unspecified atom stereocenters. The van der Waals surface area contributed by atoms with Crippen LogP contribution >= 0.6 is 0 Å². The third kappa shape index (κ3) is 4.20. The van der Waals surface area contributed by atoms with Crippen LogP contribution in [-0.2, 0) is 0 Å². The molecule has 2 aromatic heterocycles. The molecule has 4 rings (SSSR count). The van der Waals surface area contributed by atoms with Gasteiger partial charge in [0.1, 0.15) is 23.8 Å². The average molecular weight is 398 g/mol. The van der Waals surface area contributed by atoms with E-state index in [-0.39, 0.29) is 5.91 Å². The zero-order valence-corrected chi connectivity index (χ0v) is 17.0. The summed E-state index contributed by atoms with van der Waals surface area (Å²) in [6, 6.07) is 15.1. The second-order valence-corrected chi connectivity index (χ2v) is 7.08. The van der Waals surface area contributed by atoms with Gasteiger partial charge in [-0.25, -0.2) is 15.0 Å². The first-order valence-corrected chi connectivity index (χ1v) is 9.58. The topological polar surface area (TPSA) is 84.7 Å². The van der Waals surface area contributed by atoms with Crippen LogP contribution in [0.2, 0.25) is 0 Å². The van der Waals surface area contributed by atoms with Crippen molar-refractivity contribution in [2.24, 2.45) is 0 Å². The summed E-state index contributed by atoms with van der Waals surface area (Å²) in [6.07, 6.45) is 5.10. The molecule has 2 N–H and O–H groups in total. The Hall–Kier alpha value is -4.00. The lowest BCUT2D eigenvalue weighted by Gasteiger charge is -2.11. The van der Waals surface area contributed by atoms with E-state index >= 15 is 0 Å². The van der Waals surface area contributed by atoms with Gasteiger partial charge in [0.2, 0.25) is 0 Å². The van der Waals surface area contributed by atoms with Gasteiger partial charge in [0.15, 0.2) is 0 Å². The quantitative estimate of drug-likeness (QED) is 0.514. The molecule has 150 valence electrons. The summed E-state index contributed by atoms with van der Waals surface area (Å²) >= 11 is 0. The van der Waals surface area contributed by atoms with Crippen molar-refractivity contribution in [1.82, 2.24) is 19.5 Å². The molecular formula is C23H22N6O. The minimum atomic E-state index is -0.121. The SMILES string of the molecule is Cc1ccc(C(=O)Nc2ccc(Nc3cc(-n4ccnc4C)ncn3)cc2)c(C)c1. The number of carbonyl (C=O) groups is 1. The molecule has 0 aliphatic heterocycles. The summed E-state index contributed by atoms with van der Waals surface area (Å²) in [7, 11) is 0. The Morgan fingerprint density at radius 3 is 2.37 bits per heavy atom. The first kappa shape index (κ1) is 19.3. The highest BCUT2D eigenvalue weighted by Crippen LogP contribution is 2.20. The Morgan fingerprint density at radius 1 is 0.900 bits per heavy atom. The molecule has 0 bridgehead atoms. The standard InChI is InChI=1S/C23H22N6O/c1-15-4-9-20(16(2)12-15)23(30)28-19-7-5-18(6-8-19)27-21-13-22(26-14-25-21)29-11-10-24-17(29)3/h4-14H,1-3H3,(H,28,30)(H,25,26,27). The second kappa shape index (κ2) is 8.16. The maximum atomic E-state index is 12.5. The van der Waals surface area contributed by atoms with Crippen molar-refractivity contribution in [1.29, 1.82) is 0 Å². The molecule has 4 aromatic rings. The van der Waals surface area contributed by atoms with Crippen LogP contribution in [0.4, 0.5) is 17.2 Å². The minimum absolute atomic E-state index is 0.121. The molecule has 0 atom stereocenters. The third-order valence-corrected chi connectivity index (χ3v) is 4.77. The van der Waals surface area contributed by atoms with Gasteiger partial charge >= 0.3 is 0 Å². The van der Waals surface area contributed by atoms with E-state index in [0.29, 0.717) is 11.4 Å². The van der Waals surface area contributed by atoms with Crippen LogP contribution in [0, 0.1) is 20.8 Å². The van der Waals surface area contributed by atoms with Crippen LogP contribution in [0.25, 0.3) is 5.82 Å². The van der Waals surface area contributed by atoms with Crippen molar-refractivity contribution in [3.8, 4) is 5.82 Å². The lowest BCUT2D eigenvalue weighted by Crippen LogP contribution is -2.13. The molecule has 0 aliphatic carbocycles. The number of hydrogen-bond donors (Lipinski definition) is 2. The van der Waals surface area contributed by atoms with E-state index in [4.69, 9.17) is 0 Å². The monoisotopic (exact) mass is 398 g/mol. The Bertz CT molecular complexity index is 1200. The lowest BCUT2D eigenvalue weighted by molar-refractivity contribution is 0.102. The van der Waals surface area contributed by atoms with Crippen molar-refractivity contribution in [2.75, 3.05) is 10.6 Å². The molecule has 1 amide bonds. The molecule has 2 aromatic carbocycles. The second-order valence-electron chi connectivity index (χ2n) is 7.08. The fourth-order valence-corrected chi connectivity index (χ4v) is 3.22. The van der Waals surface area contributed by atoms with Gasteiger partial charge < -0.3 is 10.6 Å². The molecule has 30 heavy (non-hydrogen) atoms. The number of nitrogens with one attached hydrogen (secondary N) is 2. The molecule has 0 fully saturated rings. The van der Waals surface area contributed by atoms with E-state index in [2.05, 4.69) is 25.6 Å². The number of rotatable bonds is 5. The zero-order chi connectivity index (χ0) is 21.1. The number of imidazole rings is 1. The van der Waals surface area contributed by atoms with Crippen molar-refractivity contribution in [3.63, 3.8) is 0 Å². The number of anilines is 3. The number of carbonyl (C=O) groups excluding carboxylic acids is 1. The Kier molecular flexibility index (Phi) is 5.26. The highest BCUT2D eigenvalue weighted by atomic mass is 16.1. The molecule has 0 aliphatic rings. The van der Waals surface area contributed by atoms with E-state index in [1.807, 2.05) is 80.1 Å². The maximum absolute atomic E-state index is 12.5. The fourth-order valence-electron chi connectivity index (χ4n) is 3.22. The Labute approximate surface area is 174 Å². The molecule has 7 nitrogen and oxygen atoms in total. The summed E-state index contributed by atoms with van der Waals surface area (Å²) in [5.74, 6) is 2.13. The molecule has 0 radical (unpaired) electrons. The van der Waals surface area contributed by atoms with Crippen LogP contribution in [0.5, 0.6) is 0 Å². The molecule has 0 spiro atoms. The average Bonchev–Trinajstić information content (AvgIpc) is 3.15. The van der Waals surface area contributed by atoms with Gasteiger partial charge in [-0.05, 0) is 56.7 Å². The number of nitrogens with zero attached hydrogens (tertiary/aromatic N) is 4. The molecular weight excluding hydrogens is 376 g/mol. The first-order valence-electron chi connectivity index (χ1n) is 9.58. The summed E-state index contributed by atoms with van der Waals surface area (Å²) in [5, 5.41) is 6.20. The molecule has 2 heterocycles. The van der Waals surface area contributed by atoms with Crippen molar-refractivity contribution in [3.05, 3.63) is 89.8 Å².